The Kier molecular flexibility index (Phi) is 4.16. The highest BCUT2D eigenvalue weighted by atomic mass is 32.1. The standard InChI is InChI=1S/C19H19N7OS/c1-13-17(26-9-10-28-19(26)21-13)18(27)24-6-4-15-22-23-16(25(15)8-7-24)11-14-3-2-5-20-12-14/h2-3,5,9-10,12H,4,6-8,11H2,1H3. The number of pyridine rings is 1. The first-order chi connectivity index (χ1) is 13.7. The number of rotatable bonds is 3. The molecule has 0 aromatic carbocycles. The molecule has 0 fully saturated rings. The van der Waals surface area contributed by atoms with Crippen molar-refractivity contribution in [2.45, 2.75) is 26.3 Å². The number of amides is 1. The Morgan fingerprint density at radius 2 is 2.18 bits per heavy atom. The zero-order chi connectivity index (χ0) is 19.1. The normalized spacial score (nSPS) is 14.2. The Balaban J connectivity index is 1.37. The van der Waals surface area contributed by atoms with Gasteiger partial charge in [0.15, 0.2) is 4.96 Å². The Bertz CT molecular complexity index is 1140. The first-order valence-corrected chi connectivity index (χ1v) is 10.1. The van der Waals surface area contributed by atoms with Crippen molar-refractivity contribution in [3.05, 3.63) is 64.7 Å². The van der Waals surface area contributed by atoms with Gasteiger partial charge in [0, 0.05) is 56.4 Å². The van der Waals surface area contributed by atoms with E-state index in [1.54, 1.807) is 6.20 Å². The third kappa shape index (κ3) is 2.88. The number of fused-ring (bicyclic) bond motifs is 2. The Labute approximate surface area is 165 Å². The first-order valence-electron chi connectivity index (χ1n) is 9.22. The molecule has 1 amide bonds. The number of nitrogens with zero attached hydrogens (tertiary/aromatic N) is 7. The van der Waals surface area contributed by atoms with Crippen molar-refractivity contribution in [3.63, 3.8) is 0 Å². The average Bonchev–Trinajstić information content (AvgIpc) is 3.33. The molecule has 8 nitrogen and oxygen atoms in total. The summed E-state index contributed by atoms with van der Waals surface area (Å²) in [5.74, 6) is 1.87. The molecule has 5 heterocycles. The van der Waals surface area contributed by atoms with Crippen LogP contribution in [0, 0.1) is 6.92 Å². The second-order valence-corrected chi connectivity index (χ2v) is 7.74. The third-order valence-corrected chi connectivity index (χ3v) is 5.87. The van der Waals surface area contributed by atoms with Gasteiger partial charge in [-0.05, 0) is 18.6 Å². The van der Waals surface area contributed by atoms with E-state index in [1.807, 2.05) is 46.1 Å². The second kappa shape index (κ2) is 6.83. The Morgan fingerprint density at radius 1 is 1.25 bits per heavy atom. The lowest BCUT2D eigenvalue weighted by atomic mass is 10.2. The molecule has 4 aromatic heterocycles. The van der Waals surface area contributed by atoms with Gasteiger partial charge in [-0.15, -0.1) is 21.5 Å². The lowest BCUT2D eigenvalue weighted by Gasteiger charge is -2.20. The fourth-order valence-electron chi connectivity index (χ4n) is 3.70. The van der Waals surface area contributed by atoms with Crippen molar-refractivity contribution in [1.82, 2.24) is 34.0 Å². The maximum atomic E-state index is 13.2. The summed E-state index contributed by atoms with van der Waals surface area (Å²) >= 11 is 1.54. The van der Waals surface area contributed by atoms with Crippen LogP contribution < -0.4 is 0 Å². The minimum Gasteiger partial charge on any atom is -0.335 e. The minimum absolute atomic E-state index is 0.0240. The van der Waals surface area contributed by atoms with E-state index in [4.69, 9.17) is 0 Å². The monoisotopic (exact) mass is 393 g/mol. The minimum atomic E-state index is 0.0240. The van der Waals surface area contributed by atoms with Gasteiger partial charge in [0.25, 0.3) is 5.91 Å². The first kappa shape index (κ1) is 17.1. The predicted octanol–water partition coefficient (Wildman–Crippen LogP) is 1.98. The van der Waals surface area contributed by atoms with Gasteiger partial charge in [0.05, 0.1) is 5.69 Å². The van der Waals surface area contributed by atoms with E-state index in [0.29, 0.717) is 38.2 Å². The summed E-state index contributed by atoms with van der Waals surface area (Å²) in [5, 5.41) is 10.7. The summed E-state index contributed by atoms with van der Waals surface area (Å²) in [5.41, 5.74) is 2.53. The van der Waals surface area contributed by atoms with Crippen LogP contribution in [0.1, 0.15) is 33.4 Å². The second-order valence-electron chi connectivity index (χ2n) is 6.87. The topological polar surface area (TPSA) is 81.2 Å². The molecule has 0 bridgehead atoms. The average molecular weight is 393 g/mol. The van der Waals surface area contributed by atoms with Gasteiger partial charge in [-0.1, -0.05) is 6.07 Å². The van der Waals surface area contributed by atoms with Crippen LogP contribution in [0.25, 0.3) is 4.96 Å². The number of carbonyl (C=O) groups excluding carboxylic acids is 1. The van der Waals surface area contributed by atoms with Crippen molar-refractivity contribution in [2.75, 3.05) is 13.1 Å². The molecule has 0 spiro atoms. The van der Waals surface area contributed by atoms with Gasteiger partial charge in [-0.2, -0.15) is 0 Å². The number of hydrogen-bond donors (Lipinski definition) is 0. The molecule has 0 radical (unpaired) electrons. The van der Waals surface area contributed by atoms with Crippen molar-refractivity contribution in [3.8, 4) is 0 Å². The molecule has 9 heteroatoms. The quantitative estimate of drug-likeness (QED) is 0.532. The molecule has 1 aliphatic heterocycles. The van der Waals surface area contributed by atoms with Crippen LogP contribution in [-0.2, 0) is 19.4 Å². The number of imidazole rings is 1. The van der Waals surface area contributed by atoms with Crippen molar-refractivity contribution in [2.24, 2.45) is 0 Å². The van der Waals surface area contributed by atoms with Crippen LogP contribution >= 0.6 is 11.3 Å². The van der Waals surface area contributed by atoms with Crippen molar-refractivity contribution < 1.29 is 4.79 Å². The Hall–Kier alpha value is -3.07. The lowest BCUT2D eigenvalue weighted by molar-refractivity contribution is 0.0751. The lowest BCUT2D eigenvalue weighted by Crippen LogP contribution is -2.34. The van der Waals surface area contributed by atoms with Crippen LogP contribution in [-0.4, -0.2) is 53.0 Å². The largest absolute Gasteiger partial charge is 0.335 e. The van der Waals surface area contributed by atoms with Crippen LogP contribution in [0.15, 0.2) is 36.1 Å². The molecule has 0 N–H and O–H groups in total. The maximum Gasteiger partial charge on any atom is 0.272 e. The number of thiazole rings is 1. The molecule has 142 valence electrons. The van der Waals surface area contributed by atoms with Crippen LogP contribution in [0.5, 0.6) is 0 Å². The molecule has 1 aliphatic rings. The summed E-state index contributed by atoms with van der Waals surface area (Å²) in [4.78, 5) is 24.6. The molecule has 5 rings (SSSR count). The molecular weight excluding hydrogens is 374 g/mol. The number of carbonyl (C=O) groups is 1. The van der Waals surface area contributed by atoms with E-state index in [9.17, 15) is 4.79 Å². The van der Waals surface area contributed by atoms with Gasteiger partial charge in [-0.25, -0.2) is 4.98 Å². The summed E-state index contributed by atoms with van der Waals surface area (Å²) in [6.45, 7) is 3.83. The molecule has 0 saturated carbocycles. The zero-order valence-electron chi connectivity index (χ0n) is 15.4. The number of aromatic nitrogens is 6. The van der Waals surface area contributed by atoms with Crippen molar-refractivity contribution in [1.29, 1.82) is 0 Å². The fourth-order valence-corrected chi connectivity index (χ4v) is 4.46. The fraction of sp³-hybridized carbons (Fsp3) is 0.316. The highest BCUT2D eigenvalue weighted by Gasteiger charge is 2.26. The molecule has 0 saturated heterocycles. The smallest absolute Gasteiger partial charge is 0.272 e. The molecule has 28 heavy (non-hydrogen) atoms. The van der Waals surface area contributed by atoms with Gasteiger partial charge in [0.1, 0.15) is 17.3 Å². The van der Waals surface area contributed by atoms with Crippen LogP contribution in [0.3, 0.4) is 0 Å². The third-order valence-electron chi connectivity index (χ3n) is 5.11. The molecule has 0 atom stereocenters. The van der Waals surface area contributed by atoms with E-state index in [-0.39, 0.29) is 5.91 Å². The summed E-state index contributed by atoms with van der Waals surface area (Å²) in [6.07, 6.45) is 6.90. The van der Waals surface area contributed by atoms with E-state index in [2.05, 4.69) is 24.7 Å². The highest BCUT2D eigenvalue weighted by molar-refractivity contribution is 7.15. The molecular formula is C19H19N7OS. The van der Waals surface area contributed by atoms with E-state index < -0.39 is 0 Å². The van der Waals surface area contributed by atoms with Gasteiger partial charge in [-0.3, -0.25) is 14.2 Å². The van der Waals surface area contributed by atoms with E-state index >= 15 is 0 Å². The summed E-state index contributed by atoms with van der Waals surface area (Å²) < 4.78 is 4.03. The van der Waals surface area contributed by atoms with E-state index in [1.165, 1.54) is 11.3 Å². The number of hydrogen-bond acceptors (Lipinski definition) is 6. The van der Waals surface area contributed by atoms with Crippen LogP contribution in [0.2, 0.25) is 0 Å². The maximum absolute atomic E-state index is 13.2. The van der Waals surface area contributed by atoms with E-state index in [0.717, 1.165) is 27.9 Å². The molecule has 0 unspecified atom stereocenters. The highest BCUT2D eigenvalue weighted by Crippen LogP contribution is 2.20. The molecule has 4 aromatic rings. The SMILES string of the molecule is Cc1nc2sccn2c1C(=O)N1CCc2nnc(Cc3cccnc3)n2CC1. The van der Waals surface area contributed by atoms with Gasteiger partial charge >= 0.3 is 0 Å². The summed E-state index contributed by atoms with van der Waals surface area (Å²) in [6, 6.07) is 3.96. The Morgan fingerprint density at radius 3 is 3.04 bits per heavy atom. The molecule has 0 aliphatic carbocycles. The van der Waals surface area contributed by atoms with Gasteiger partial charge in [0.2, 0.25) is 0 Å². The van der Waals surface area contributed by atoms with Crippen molar-refractivity contribution >= 4 is 22.2 Å². The van der Waals surface area contributed by atoms with Gasteiger partial charge < -0.3 is 9.47 Å². The van der Waals surface area contributed by atoms with Crippen LogP contribution in [0.4, 0.5) is 0 Å². The summed E-state index contributed by atoms with van der Waals surface area (Å²) in [7, 11) is 0. The number of aryl methyl sites for hydroxylation is 1. The predicted molar refractivity (Wildman–Crippen MR) is 104 cm³/mol. The zero-order valence-corrected chi connectivity index (χ0v) is 16.3.